The summed E-state index contributed by atoms with van der Waals surface area (Å²) in [6.45, 7) is 1.48. The molecule has 0 aliphatic heterocycles. The molecule has 0 saturated carbocycles. The van der Waals surface area contributed by atoms with Gasteiger partial charge >= 0.3 is 0 Å². The molecule has 4 rings (SSSR count). The highest BCUT2D eigenvalue weighted by atomic mass is 16.5. The Morgan fingerprint density at radius 1 is 1.06 bits per heavy atom. The molecular weight excluding hydrogens is 426 g/mol. The summed E-state index contributed by atoms with van der Waals surface area (Å²) >= 11 is 0. The molecule has 2 aromatic carbocycles. The minimum Gasteiger partial charge on any atom is -0.497 e. The maximum Gasteiger partial charge on any atom is 0.291 e. The number of nitrogens with zero attached hydrogens (tertiary/aromatic N) is 1. The number of carbonyl (C=O) groups excluding carboxylic acids is 3. The molecule has 10 nitrogen and oxygen atoms in total. The minimum atomic E-state index is -0.834. The predicted molar refractivity (Wildman–Crippen MR) is 121 cm³/mol. The molecule has 4 aromatic rings. The van der Waals surface area contributed by atoms with E-state index in [1.54, 1.807) is 49.6 Å². The second-order valence-electron chi connectivity index (χ2n) is 7.28. The summed E-state index contributed by atoms with van der Waals surface area (Å²) in [7, 11) is 1.59. The summed E-state index contributed by atoms with van der Waals surface area (Å²) in [5.74, 6) is -0.201. The van der Waals surface area contributed by atoms with E-state index in [4.69, 9.17) is 14.9 Å². The van der Waals surface area contributed by atoms with Crippen molar-refractivity contribution < 1.29 is 23.5 Å². The summed E-state index contributed by atoms with van der Waals surface area (Å²) in [6.07, 6.45) is 0. The summed E-state index contributed by atoms with van der Waals surface area (Å²) in [5, 5.41) is 12.5. The summed E-state index contributed by atoms with van der Waals surface area (Å²) < 4.78 is 10.8. The van der Waals surface area contributed by atoms with Crippen LogP contribution in [0.15, 0.2) is 59.0 Å². The van der Waals surface area contributed by atoms with Gasteiger partial charge in [0.2, 0.25) is 5.91 Å². The molecule has 0 unspecified atom stereocenters. The maximum absolute atomic E-state index is 12.6. The van der Waals surface area contributed by atoms with Gasteiger partial charge in [0.1, 0.15) is 17.6 Å². The van der Waals surface area contributed by atoms with Crippen LogP contribution in [0, 0.1) is 0 Å². The first-order valence-corrected chi connectivity index (χ1v) is 9.99. The van der Waals surface area contributed by atoms with Crippen molar-refractivity contribution >= 4 is 34.3 Å². The molecular formula is C23H21N5O5. The van der Waals surface area contributed by atoms with Gasteiger partial charge in [0.05, 0.1) is 12.6 Å². The number of H-pyrrole nitrogens is 1. The Morgan fingerprint density at radius 2 is 1.82 bits per heavy atom. The van der Waals surface area contributed by atoms with Crippen LogP contribution in [0.25, 0.3) is 22.2 Å². The maximum atomic E-state index is 12.6. The van der Waals surface area contributed by atoms with Crippen molar-refractivity contribution in [3.8, 4) is 17.1 Å². The van der Waals surface area contributed by atoms with Crippen LogP contribution in [-0.4, -0.2) is 41.1 Å². The predicted octanol–water partition coefficient (Wildman–Crippen LogP) is 2.69. The zero-order valence-corrected chi connectivity index (χ0v) is 17.8. The highest BCUT2D eigenvalue weighted by molar-refractivity contribution is 6.08. The SMILES string of the molecule is COc1ccc(-c2ccc(C(=O)Nc3ccc4c(C(=O)N[C@@H](C)C(N)=O)n[nH]c4c3)o2)cc1. The third-order valence-corrected chi connectivity index (χ3v) is 5.01. The number of benzene rings is 2. The normalized spacial score (nSPS) is 11.7. The van der Waals surface area contributed by atoms with Gasteiger partial charge in [-0.1, -0.05) is 0 Å². The monoisotopic (exact) mass is 447 g/mol. The van der Waals surface area contributed by atoms with Crippen molar-refractivity contribution in [1.29, 1.82) is 0 Å². The molecule has 0 radical (unpaired) electrons. The molecule has 0 spiro atoms. The van der Waals surface area contributed by atoms with Crippen LogP contribution in [0.5, 0.6) is 5.75 Å². The van der Waals surface area contributed by atoms with E-state index in [2.05, 4.69) is 20.8 Å². The number of hydrogen-bond donors (Lipinski definition) is 4. The van der Waals surface area contributed by atoms with E-state index in [1.807, 2.05) is 12.1 Å². The number of amides is 3. The number of anilines is 1. The van der Waals surface area contributed by atoms with E-state index < -0.39 is 23.8 Å². The Morgan fingerprint density at radius 3 is 2.52 bits per heavy atom. The molecule has 1 atom stereocenters. The highest BCUT2D eigenvalue weighted by Gasteiger charge is 2.19. The van der Waals surface area contributed by atoms with E-state index in [9.17, 15) is 14.4 Å². The standard InChI is InChI=1S/C23H21N5O5/c1-12(21(24)29)25-23(31)20-16-8-5-14(11-17(16)27-28-20)26-22(30)19-10-9-18(33-19)13-3-6-15(32-2)7-4-13/h3-12H,1-2H3,(H2,24,29)(H,25,31)(H,26,30)(H,27,28)/t12-/m0/s1. The van der Waals surface area contributed by atoms with Gasteiger partial charge < -0.3 is 25.5 Å². The number of aromatic amines is 1. The van der Waals surface area contributed by atoms with E-state index in [0.29, 0.717) is 22.4 Å². The van der Waals surface area contributed by atoms with Crippen LogP contribution >= 0.6 is 0 Å². The Balaban J connectivity index is 1.48. The number of primary amides is 1. The second-order valence-corrected chi connectivity index (χ2v) is 7.28. The van der Waals surface area contributed by atoms with E-state index >= 15 is 0 Å². The number of nitrogens with two attached hydrogens (primary N) is 1. The average Bonchev–Trinajstić information content (AvgIpc) is 3.46. The Kier molecular flexibility index (Phi) is 5.81. The lowest BCUT2D eigenvalue weighted by Gasteiger charge is -2.08. The van der Waals surface area contributed by atoms with Crippen molar-refractivity contribution in [3.05, 3.63) is 66.1 Å². The first-order chi connectivity index (χ1) is 15.9. The molecule has 2 aromatic heterocycles. The highest BCUT2D eigenvalue weighted by Crippen LogP contribution is 2.26. The summed E-state index contributed by atoms with van der Waals surface area (Å²) in [5.41, 5.74) is 7.12. The number of carbonyl (C=O) groups is 3. The fourth-order valence-corrected chi connectivity index (χ4v) is 3.17. The van der Waals surface area contributed by atoms with Gasteiger partial charge in [-0.3, -0.25) is 19.5 Å². The molecule has 5 N–H and O–H groups in total. The number of hydrogen-bond acceptors (Lipinski definition) is 6. The lowest BCUT2D eigenvalue weighted by molar-refractivity contribution is -0.119. The number of fused-ring (bicyclic) bond motifs is 1. The number of furan rings is 1. The zero-order valence-electron chi connectivity index (χ0n) is 17.8. The number of nitrogens with one attached hydrogen (secondary N) is 3. The van der Waals surface area contributed by atoms with Gasteiger partial charge in [0, 0.05) is 16.6 Å². The zero-order chi connectivity index (χ0) is 23.5. The van der Waals surface area contributed by atoms with Crippen molar-refractivity contribution in [2.45, 2.75) is 13.0 Å². The van der Waals surface area contributed by atoms with Crippen molar-refractivity contribution in [2.24, 2.45) is 5.73 Å². The second kappa shape index (κ2) is 8.87. The van der Waals surface area contributed by atoms with Crippen LogP contribution in [0.4, 0.5) is 5.69 Å². The smallest absolute Gasteiger partial charge is 0.291 e. The molecule has 33 heavy (non-hydrogen) atoms. The van der Waals surface area contributed by atoms with E-state index in [-0.39, 0.29) is 11.5 Å². The van der Waals surface area contributed by atoms with Crippen LogP contribution < -0.4 is 21.1 Å². The molecule has 0 aliphatic carbocycles. The number of rotatable bonds is 7. The quantitative estimate of drug-likeness (QED) is 0.342. The van der Waals surface area contributed by atoms with Gasteiger partial charge in [-0.2, -0.15) is 5.10 Å². The molecule has 2 heterocycles. The lowest BCUT2D eigenvalue weighted by atomic mass is 10.1. The van der Waals surface area contributed by atoms with Crippen molar-refractivity contribution in [3.63, 3.8) is 0 Å². The van der Waals surface area contributed by atoms with Crippen molar-refractivity contribution in [2.75, 3.05) is 12.4 Å². The van der Waals surface area contributed by atoms with Gasteiger partial charge in [0.25, 0.3) is 11.8 Å². The number of aromatic nitrogens is 2. The van der Waals surface area contributed by atoms with Crippen LogP contribution in [0.3, 0.4) is 0 Å². The Hall–Kier alpha value is -4.60. The number of ether oxygens (including phenoxy) is 1. The molecule has 10 heteroatoms. The topological polar surface area (TPSA) is 152 Å². The van der Waals surface area contributed by atoms with Crippen LogP contribution in [-0.2, 0) is 4.79 Å². The van der Waals surface area contributed by atoms with Crippen LogP contribution in [0.1, 0.15) is 28.0 Å². The average molecular weight is 447 g/mol. The van der Waals surface area contributed by atoms with Gasteiger partial charge in [-0.15, -0.1) is 0 Å². The third kappa shape index (κ3) is 4.54. The Bertz CT molecular complexity index is 1340. The van der Waals surface area contributed by atoms with Crippen molar-refractivity contribution in [1.82, 2.24) is 15.5 Å². The lowest BCUT2D eigenvalue weighted by Crippen LogP contribution is -2.42. The largest absolute Gasteiger partial charge is 0.497 e. The van der Waals surface area contributed by atoms with Gasteiger partial charge in [-0.25, -0.2) is 0 Å². The van der Waals surface area contributed by atoms with Gasteiger partial charge in [0.15, 0.2) is 11.5 Å². The fourth-order valence-electron chi connectivity index (χ4n) is 3.17. The molecule has 3 amide bonds. The fraction of sp³-hybridized carbons (Fsp3) is 0.130. The van der Waals surface area contributed by atoms with Gasteiger partial charge in [-0.05, 0) is 61.5 Å². The van der Waals surface area contributed by atoms with E-state index in [0.717, 1.165) is 11.3 Å². The summed E-state index contributed by atoms with van der Waals surface area (Å²) in [6, 6.07) is 14.7. The molecule has 0 saturated heterocycles. The molecule has 0 bridgehead atoms. The molecule has 0 fully saturated rings. The minimum absolute atomic E-state index is 0.117. The third-order valence-electron chi connectivity index (χ3n) is 5.01. The molecule has 168 valence electrons. The first-order valence-electron chi connectivity index (χ1n) is 9.99. The summed E-state index contributed by atoms with van der Waals surface area (Å²) in [4.78, 5) is 36.1. The van der Waals surface area contributed by atoms with E-state index in [1.165, 1.54) is 6.92 Å². The number of methoxy groups -OCH3 is 1. The molecule has 0 aliphatic rings. The Labute approximate surface area is 188 Å². The van der Waals surface area contributed by atoms with Crippen LogP contribution in [0.2, 0.25) is 0 Å². The first kappa shape index (κ1) is 21.6.